The van der Waals surface area contributed by atoms with Gasteiger partial charge in [0.2, 0.25) is 0 Å². The minimum absolute atomic E-state index is 0.0757. The highest BCUT2D eigenvalue weighted by molar-refractivity contribution is 8.14. The summed E-state index contributed by atoms with van der Waals surface area (Å²) in [6.07, 6.45) is 3.70. The second-order valence-corrected chi connectivity index (χ2v) is 9.50. The number of thioether (sulfide) groups is 1. The molecule has 1 aromatic carbocycles. The van der Waals surface area contributed by atoms with Crippen LogP contribution in [0.2, 0.25) is 0 Å². The molecule has 0 aromatic heterocycles. The number of rotatable bonds is 1. The van der Waals surface area contributed by atoms with Crippen molar-refractivity contribution in [1.82, 2.24) is 0 Å². The van der Waals surface area contributed by atoms with Crippen molar-refractivity contribution in [3.05, 3.63) is 29.8 Å². The maximum atomic E-state index is 6.13. The first-order chi connectivity index (χ1) is 11.8. The summed E-state index contributed by atoms with van der Waals surface area (Å²) in [4.78, 5) is 9.26. The van der Waals surface area contributed by atoms with Crippen molar-refractivity contribution in [1.29, 1.82) is 0 Å². The first-order valence-corrected chi connectivity index (χ1v) is 9.77. The topological polar surface area (TPSA) is 43.2 Å². The average molecular weight is 359 g/mol. The fraction of sp³-hybridized carbons (Fsp3) is 0.600. The van der Waals surface area contributed by atoms with E-state index >= 15 is 0 Å². The fourth-order valence-corrected chi connectivity index (χ4v) is 6.50. The van der Waals surface area contributed by atoms with E-state index in [1.54, 1.807) is 18.9 Å². The van der Waals surface area contributed by atoms with Crippen LogP contribution in [0, 0.1) is 23.7 Å². The summed E-state index contributed by atoms with van der Waals surface area (Å²) in [7, 11) is 1.64. The summed E-state index contributed by atoms with van der Waals surface area (Å²) in [6, 6.07) is 8.50. The van der Waals surface area contributed by atoms with Crippen LogP contribution in [0.4, 0.5) is 0 Å². The van der Waals surface area contributed by atoms with Crippen molar-refractivity contribution in [2.75, 3.05) is 7.11 Å². The first kappa shape index (κ1) is 17.0. The van der Waals surface area contributed by atoms with Gasteiger partial charge in [0.1, 0.15) is 10.6 Å². The van der Waals surface area contributed by atoms with E-state index in [-0.39, 0.29) is 15.7 Å². The standard InChI is InChI=1S/C20H26N2O2S/c1-13-6-8-15(9-7-13)24-17-21-16(23-5)22-20(25-17)18(2,3)14-10-11-19(20,4)12-14/h6-9,14H,10-12H2,1-5H3/t14-,19+,20?/m0/s1. The third-order valence-corrected chi connectivity index (χ3v) is 8.29. The molecule has 4 rings (SSSR count). The SMILES string of the molecule is COC1=NC2(SC(Oc3ccc(C)cc3)=N1)C(C)(C)[C@H]1CC[C@]2(C)C1. The molecule has 2 fully saturated rings. The van der Waals surface area contributed by atoms with E-state index in [1.165, 1.54) is 24.8 Å². The molecule has 134 valence electrons. The zero-order valence-electron chi connectivity index (χ0n) is 15.6. The number of amidine groups is 1. The maximum absolute atomic E-state index is 6.13. The van der Waals surface area contributed by atoms with Crippen LogP contribution in [0.1, 0.15) is 45.6 Å². The largest absolute Gasteiger partial charge is 0.467 e. The van der Waals surface area contributed by atoms with Crippen LogP contribution in [0.5, 0.6) is 5.75 Å². The van der Waals surface area contributed by atoms with Crippen LogP contribution in [0.15, 0.2) is 34.3 Å². The number of methoxy groups -OCH3 is 1. The van der Waals surface area contributed by atoms with Crippen molar-refractivity contribution in [3.8, 4) is 5.75 Å². The van der Waals surface area contributed by atoms with Crippen LogP contribution in [0.3, 0.4) is 0 Å². The summed E-state index contributed by atoms with van der Waals surface area (Å²) in [6.45, 7) is 9.14. The Morgan fingerprint density at radius 3 is 2.48 bits per heavy atom. The van der Waals surface area contributed by atoms with Gasteiger partial charge < -0.3 is 9.47 Å². The van der Waals surface area contributed by atoms with Crippen LogP contribution >= 0.6 is 11.8 Å². The smallest absolute Gasteiger partial charge is 0.316 e. The molecular formula is C20H26N2O2S. The van der Waals surface area contributed by atoms with E-state index in [0.29, 0.717) is 17.2 Å². The van der Waals surface area contributed by atoms with E-state index in [2.05, 4.69) is 32.7 Å². The van der Waals surface area contributed by atoms with Gasteiger partial charge in [-0.1, -0.05) is 38.5 Å². The first-order valence-electron chi connectivity index (χ1n) is 8.96. The van der Waals surface area contributed by atoms with Crippen LogP contribution < -0.4 is 4.74 Å². The summed E-state index contributed by atoms with van der Waals surface area (Å²) >= 11 is 1.69. The molecule has 3 aliphatic rings. The van der Waals surface area contributed by atoms with Gasteiger partial charge >= 0.3 is 6.02 Å². The van der Waals surface area contributed by atoms with Crippen LogP contribution in [-0.4, -0.2) is 23.2 Å². The van der Waals surface area contributed by atoms with Gasteiger partial charge in [-0.15, -0.1) is 0 Å². The third-order valence-electron chi connectivity index (χ3n) is 6.54. The normalized spacial score (nSPS) is 35.5. The Morgan fingerprint density at radius 1 is 1.16 bits per heavy atom. The Kier molecular flexibility index (Phi) is 3.73. The third kappa shape index (κ3) is 2.35. The fourth-order valence-electron chi connectivity index (χ4n) is 5.00. The number of hydrogen-bond acceptors (Lipinski definition) is 5. The molecule has 25 heavy (non-hydrogen) atoms. The molecule has 2 aliphatic carbocycles. The van der Waals surface area contributed by atoms with Gasteiger partial charge in [0.15, 0.2) is 0 Å². The lowest BCUT2D eigenvalue weighted by Gasteiger charge is -2.51. The highest BCUT2D eigenvalue weighted by Gasteiger charge is 2.71. The van der Waals surface area contributed by atoms with Gasteiger partial charge in [0.05, 0.1) is 7.11 Å². The number of aryl methyl sites for hydroxylation is 1. The van der Waals surface area contributed by atoms with E-state index in [9.17, 15) is 0 Å². The summed E-state index contributed by atoms with van der Waals surface area (Å²) in [5.74, 6) is 1.49. The molecule has 0 radical (unpaired) electrons. The minimum Gasteiger partial charge on any atom is -0.467 e. The predicted octanol–water partition coefficient (Wildman–Crippen LogP) is 5.02. The molecule has 3 atom stereocenters. The lowest BCUT2D eigenvalue weighted by atomic mass is 9.68. The van der Waals surface area contributed by atoms with Gasteiger partial charge in [-0.05, 0) is 56.0 Å². The zero-order valence-corrected chi connectivity index (χ0v) is 16.4. The van der Waals surface area contributed by atoms with E-state index in [1.807, 2.05) is 24.3 Å². The highest BCUT2D eigenvalue weighted by Crippen LogP contribution is 2.73. The van der Waals surface area contributed by atoms with Crippen molar-refractivity contribution in [2.45, 2.75) is 51.8 Å². The van der Waals surface area contributed by atoms with Crippen molar-refractivity contribution >= 4 is 23.0 Å². The van der Waals surface area contributed by atoms with Crippen LogP contribution in [0.25, 0.3) is 0 Å². The predicted molar refractivity (Wildman–Crippen MR) is 103 cm³/mol. The van der Waals surface area contributed by atoms with Crippen molar-refractivity contribution in [2.24, 2.45) is 26.7 Å². The summed E-state index contributed by atoms with van der Waals surface area (Å²) in [5, 5.41) is 0.637. The van der Waals surface area contributed by atoms with Gasteiger partial charge in [-0.25, -0.2) is 4.99 Å². The van der Waals surface area contributed by atoms with Gasteiger partial charge in [-0.3, -0.25) is 0 Å². The molecule has 2 bridgehead atoms. The number of ether oxygens (including phenoxy) is 2. The lowest BCUT2D eigenvalue weighted by molar-refractivity contribution is 0.113. The quantitative estimate of drug-likeness (QED) is 0.708. The molecule has 1 heterocycles. The Morgan fingerprint density at radius 2 is 1.88 bits per heavy atom. The minimum atomic E-state index is -0.282. The summed E-state index contributed by atoms with van der Waals surface area (Å²) < 4.78 is 11.6. The Hall–Kier alpha value is -1.49. The lowest BCUT2D eigenvalue weighted by Crippen LogP contribution is -2.52. The molecule has 2 saturated carbocycles. The molecule has 0 amide bonds. The molecule has 1 aromatic rings. The Labute approximate surface area is 154 Å². The molecule has 1 unspecified atom stereocenters. The van der Waals surface area contributed by atoms with E-state index in [0.717, 1.165) is 5.75 Å². The molecule has 1 spiro atoms. The van der Waals surface area contributed by atoms with Crippen LogP contribution in [-0.2, 0) is 4.74 Å². The number of fused-ring (bicyclic) bond motifs is 3. The zero-order chi connectivity index (χ0) is 17.9. The van der Waals surface area contributed by atoms with E-state index in [4.69, 9.17) is 14.5 Å². The monoisotopic (exact) mass is 358 g/mol. The molecule has 4 nitrogen and oxygen atoms in total. The molecular weight excluding hydrogens is 332 g/mol. The van der Waals surface area contributed by atoms with Gasteiger partial charge in [0, 0.05) is 10.8 Å². The van der Waals surface area contributed by atoms with E-state index < -0.39 is 0 Å². The molecule has 1 aliphatic heterocycles. The van der Waals surface area contributed by atoms with Crippen molar-refractivity contribution < 1.29 is 9.47 Å². The van der Waals surface area contributed by atoms with Gasteiger partial charge in [-0.2, -0.15) is 4.99 Å². The molecule has 5 heteroatoms. The van der Waals surface area contributed by atoms with Crippen molar-refractivity contribution in [3.63, 3.8) is 0 Å². The number of benzene rings is 1. The average Bonchev–Trinajstić information content (AvgIpc) is 3.05. The summed E-state index contributed by atoms with van der Waals surface area (Å²) in [5.41, 5.74) is 1.43. The highest BCUT2D eigenvalue weighted by atomic mass is 32.2. The number of hydrogen-bond donors (Lipinski definition) is 0. The maximum Gasteiger partial charge on any atom is 0.316 e. The molecule has 0 N–H and O–H groups in total. The second-order valence-electron chi connectivity index (χ2n) is 8.36. The number of aliphatic imine (C=N–C) groups is 2. The Balaban J connectivity index is 1.71. The Bertz CT molecular complexity index is 749. The second kappa shape index (κ2) is 5.50. The molecule has 0 saturated heterocycles. The van der Waals surface area contributed by atoms with Gasteiger partial charge in [0.25, 0.3) is 5.23 Å². The number of nitrogens with zero attached hydrogens (tertiary/aromatic N) is 2.